The molecule has 3 N–H and O–H groups in total. The van der Waals surface area contributed by atoms with Gasteiger partial charge in [0.05, 0.1) is 0 Å². The van der Waals surface area contributed by atoms with Crippen LogP contribution < -0.4 is 15.8 Å². The number of hydrogen-bond acceptors (Lipinski definition) is 3. The van der Waals surface area contributed by atoms with Gasteiger partial charge >= 0.3 is 0 Å². The number of ether oxygens (including phenoxy) is 1. The molecular formula is C15H15FN2O2. The van der Waals surface area contributed by atoms with Crippen molar-refractivity contribution in [2.45, 2.75) is 13.0 Å². The Balaban J connectivity index is 1.94. The van der Waals surface area contributed by atoms with E-state index in [9.17, 15) is 9.18 Å². The van der Waals surface area contributed by atoms with E-state index in [1.54, 1.807) is 31.2 Å². The molecule has 0 saturated heterocycles. The molecule has 0 aliphatic carbocycles. The second kappa shape index (κ2) is 6.06. The summed E-state index contributed by atoms with van der Waals surface area (Å²) in [6.45, 7) is 1.63. The quantitative estimate of drug-likeness (QED) is 0.843. The number of anilines is 2. The zero-order valence-electron chi connectivity index (χ0n) is 11.0. The van der Waals surface area contributed by atoms with Crippen LogP contribution in [0.3, 0.4) is 0 Å². The van der Waals surface area contributed by atoms with E-state index in [1.807, 2.05) is 0 Å². The average Bonchev–Trinajstić information content (AvgIpc) is 2.44. The molecule has 0 aromatic heterocycles. The molecule has 0 bridgehead atoms. The van der Waals surface area contributed by atoms with Crippen molar-refractivity contribution in [2.24, 2.45) is 0 Å². The van der Waals surface area contributed by atoms with Gasteiger partial charge in [-0.2, -0.15) is 0 Å². The van der Waals surface area contributed by atoms with E-state index in [1.165, 1.54) is 24.3 Å². The maximum Gasteiger partial charge on any atom is 0.265 e. The SMILES string of the molecule is CC(Oc1ccc(N)cc1)C(=O)Nc1ccc(F)cc1. The molecule has 0 aliphatic rings. The van der Waals surface area contributed by atoms with Crippen LogP contribution in [0, 0.1) is 5.82 Å². The number of benzene rings is 2. The van der Waals surface area contributed by atoms with Gasteiger partial charge in [-0.1, -0.05) is 0 Å². The fraction of sp³-hybridized carbons (Fsp3) is 0.133. The van der Waals surface area contributed by atoms with Gasteiger partial charge in [0.2, 0.25) is 0 Å². The van der Waals surface area contributed by atoms with Gasteiger partial charge in [0, 0.05) is 11.4 Å². The molecule has 0 fully saturated rings. The topological polar surface area (TPSA) is 64.3 Å². The Hall–Kier alpha value is -2.56. The van der Waals surface area contributed by atoms with Crippen LogP contribution in [0.2, 0.25) is 0 Å². The van der Waals surface area contributed by atoms with Crippen LogP contribution in [0.1, 0.15) is 6.92 Å². The Kier molecular flexibility index (Phi) is 4.20. The molecule has 1 atom stereocenters. The van der Waals surface area contributed by atoms with Crippen molar-refractivity contribution in [3.8, 4) is 5.75 Å². The van der Waals surface area contributed by atoms with Crippen LogP contribution in [0.25, 0.3) is 0 Å². The minimum Gasteiger partial charge on any atom is -0.481 e. The maximum atomic E-state index is 12.8. The monoisotopic (exact) mass is 274 g/mol. The third kappa shape index (κ3) is 3.71. The lowest BCUT2D eigenvalue weighted by Gasteiger charge is -2.14. The second-order valence-corrected chi connectivity index (χ2v) is 4.33. The molecule has 20 heavy (non-hydrogen) atoms. The van der Waals surface area contributed by atoms with E-state index < -0.39 is 6.10 Å². The minimum absolute atomic E-state index is 0.312. The number of carbonyl (C=O) groups excluding carboxylic acids is 1. The number of rotatable bonds is 4. The number of carbonyl (C=O) groups is 1. The largest absolute Gasteiger partial charge is 0.481 e. The van der Waals surface area contributed by atoms with Crippen molar-refractivity contribution in [3.63, 3.8) is 0 Å². The summed E-state index contributed by atoms with van der Waals surface area (Å²) in [5.74, 6) is -0.108. The van der Waals surface area contributed by atoms with Crippen molar-refractivity contribution in [1.29, 1.82) is 0 Å². The molecule has 0 radical (unpaired) electrons. The first-order valence-corrected chi connectivity index (χ1v) is 6.13. The van der Waals surface area contributed by atoms with Crippen LogP contribution in [0.4, 0.5) is 15.8 Å². The predicted molar refractivity (Wildman–Crippen MR) is 76.0 cm³/mol. The standard InChI is InChI=1S/C15H15FN2O2/c1-10(20-14-8-4-12(17)5-9-14)15(19)18-13-6-2-11(16)3-7-13/h2-10H,17H2,1H3,(H,18,19). The maximum absolute atomic E-state index is 12.8. The molecule has 0 aliphatic heterocycles. The molecular weight excluding hydrogens is 259 g/mol. The van der Waals surface area contributed by atoms with Gasteiger partial charge in [-0.25, -0.2) is 4.39 Å². The summed E-state index contributed by atoms with van der Waals surface area (Å²) in [6.07, 6.45) is -0.677. The van der Waals surface area contributed by atoms with Crippen molar-refractivity contribution >= 4 is 17.3 Å². The molecule has 2 aromatic carbocycles. The highest BCUT2D eigenvalue weighted by molar-refractivity contribution is 5.94. The molecule has 1 amide bonds. The predicted octanol–water partition coefficient (Wildman–Crippen LogP) is 2.81. The van der Waals surface area contributed by atoms with Gasteiger partial charge < -0.3 is 15.8 Å². The second-order valence-electron chi connectivity index (χ2n) is 4.33. The van der Waals surface area contributed by atoms with Crippen LogP contribution in [0.5, 0.6) is 5.75 Å². The van der Waals surface area contributed by atoms with Crippen molar-refractivity contribution in [1.82, 2.24) is 0 Å². The minimum atomic E-state index is -0.677. The van der Waals surface area contributed by atoms with Crippen molar-refractivity contribution < 1.29 is 13.9 Å². The first-order chi connectivity index (χ1) is 9.54. The first kappa shape index (κ1) is 13.9. The van der Waals surface area contributed by atoms with Gasteiger partial charge in [-0.05, 0) is 55.5 Å². The van der Waals surface area contributed by atoms with E-state index in [0.717, 1.165) is 0 Å². The van der Waals surface area contributed by atoms with Crippen LogP contribution >= 0.6 is 0 Å². The molecule has 5 heteroatoms. The Morgan fingerprint density at radius 2 is 1.75 bits per heavy atom. The lowest BCUT2D eigenvalue weighted by atomic mass is 10.3. The summed E-state index contributed by atoms with van der Waals surface area (Å²) in [6, 6.07) is 12.3. The molecule has 2 aromatic rings. The summed E-state index contributed by atoms with van der Waals surface area (Å²) < 4.78 is 18.2. The average molecular weight is 274 g/mol. The van der Waals surface area contributed by atoms with Crippen molar-refractivity contribution in [2.75, 3.05) is 11.1 Å². The highest BCUT2D eigenvalue weighted by atomic mass is 19.1. The summed E-state index contributed by atoms with van der Waals surface area (Å²) in [7, 11) is 0. The lowest BCUT2D eigenvalue weighted by Crippen LogP contribution is -2.30. The number of amides is 1. The molecule has 0 spiro atoms. The van der Waals surface area contributed by atoms with E-state index >= 15 is 0 Å². The van der Waals surface area contributed by atoms with E-state index in [4.69, 9.17) is 10.5 Å². The molecule has 104 valence electrons. The molecule has 4 nitrogen and oxygen atoms in total. The van der Waals surface area contributed by atoms with Gasteiger partial charge in [0.1, 0.15) is 11.6 Å². The third-order valence-corrected chi connectivity index (χ3v) is 2.67. The molecule has 0 saturated carbocycles. The van der Waals surface area contributed by atoms with Gasteiger partial charge in [0.15, 0.2) is 6.10 Å². The lowest BCUT2D eigenvalue weighted by molar-refractivity contribution is -0.122. The molecule has 1 unspecified atom stereocenters. The third-order valence-electron chi connectivity index (χ3n) is 2.67. The fourth-order valence-corrected chi connectivity index (χ4v) is 1.58. The van der Waals surface area contributed by atoms with E-state index in [0.29, 0.717) is 17.1 Å². The van der Waals surface area contributed by atoms with E-state index in [-0.39, 0.29) is 11.7 Å². The van der Waals surface area contributed by atoms with Crippen LogP contribution in [-0.2, 0) is 4.79 Å². The van der Waals surface area contributed by atoms with Crippen molar-refractivity contribution in [3.05, 3.63) is 54.3 Å². The van der Waals surface area contributed by atoms with Gasteiger partial charge in [0.25, 0.3) is 5.91 Å². The summed E-state index contributed by atoms with van der Waals surface area (Å²) in [5.41, 5.74) is 6.71. The zero-order chi connectivity index (χ0) is 14.5. The Labute approximate surface area is 116 Å². The van der Waals surface area contributed by atoms with E-state index in [2.05, 4.69) is 5.32 Å². The highest BCUT2D eigenvalue weighted by Gasteiger charge is 2.14. The number of nitrogens with two attached hydrogens (primary N) is 1. The van der Waals surface area contributed by atoms with Crippen LogP contribution in [0.15, 0.2) is 48.5 Å². The number of nitrogen functional groups attached to an aromatic ring is 1. The number of halogens is 1. The van der Waals surface area contributed by atoms with Gasteiger partial charge in [-0.15, -0.1) is 0 Å². The molecule has 0 heterocycles. The summed E-state index contributed by atoms with van der Waals surface area (Å²) in [5, 5.41) is 2.65. The Morgan fingerprint density at radius 1 is 1.15 bits per heavy atom. The smallest absolute Gasteiger partial charge is 0.265 e. The first-order valence-electron chi connectivity index (χ1n) is 6.13. The summed E-state index contributed by atoms with van der Waals surface area (Å²) in [4.78, 5) is 11.9. The fourth-order valence-electron chi connectivity index (χ4n) is 1.58. The number of hydrogen-bond donors (Lipinski definition) is 2. The van der Waals surface area contributed by atoms with Crippen LogP contribution in [-0.4, -0.2) is 12.0 Å². The van der Waals surface area contributed by atoms with Gasteiger partial charge in [-0.3, -0.25) is 4.79 Å². The Morgan fingerprint density at radius 3 is 2.35 bits per heavy atom. The highest BCUT2D eigenvalue weighted by Crippen LogP contribution is 2.15. The zero-order valence-corrected chi connectivity index (χ0v) is 11.0. The number of nitrogens with one attached hydrogen (secondary N) is 1. The normalized spacial score (nSPS) is 11.7. The summed E-state index contributed by atoms with van der Waals surface area (Å²) >= 11 is 0. The Bertz CT molecular complexity index is 582. The molecule has 2 rings (SSSR count).